The minimum atomic E-state index is 0.137. The zero-order valence-corrected chi connectivity index (χ0v) is 10.8. The Hall–Kier alpha value is -1.64. The number of likely N-dealkylation sites (N-methyl/N-ethyl adjacent to an activating group) is 1. The number of nitrogens with one attached hydrogen (secondary N) is 1. The standard InChI is InChI=1S/C13H18N4O/c1-3-17-8-11(12(9-17)18-2)16-13-10(7-14)5-4-6-15-13/h4-6,11-12H,3,8-9H2,1-2H3,(H,15,16)/t11-,12-/m0/s1. The minimum absolute atomic E-state index is 0.137. The summed E-state index contributed by atoms with van der Waals surface area (Å²) in [5, 5.41) is 12.4. The van der Waals surface area contributed by atoms with Gasteiger partial charge in [-0.1, -0.05) is 6.92 Å². The summed E-state index contributed by atoms with van der Waals surface area (Å²) in [4.78, 5) is 6.55. The summed E-state index contributed by atoms with van der Waals surface area (Å²) in [6, 6.07) is 5.86. The van der Waals surface area contributed by atoms with Crippen molar-refractivity contribution in [3.8, 4) is 6.07 Å². The quantitative estimate of drug-likeness (QED) is 0.861. The van der Waals surface area contributed by atoms with Gasteiger partial charge in [-0.3, -0.25) is 4.90 Å². The summed E-state index contributed by atoms with van der Waals surface area (Å²) >= 11 is 0. The molecule has 1 N–H and O–H groups in total. The Bertz CT molecular complexity index is 443. The fourth-order valence-electron chi connectivity index (χ4n) is 2.27. The second kappa shape index (κ2) is 5.80. The lowest BCUT2D eigenvalue weighted by molar-refractivity contribution is 0.102. The molecular weight excluding hydrogens is 228 g/mol. The van der Waals surface area contributed by atoms with Crippen molar-refractivity contribution in [3.05, 3.63) is 23.9 Å². The predicted octanol–water partition coefficient (Wildman–Crippen LogP) is 1.08. The zero-order chi connectivity index (χ0) is 13.0. The summed E-state index contributed by atoms with van der Waals surface area (Å²) in [5.74, 6) is 0.644. The Kier molecular flexibility index (Phi) is 4.13. The largest absolute Gasteiger partial charge is 0.378 e. The summed E-state index contributed by atoms with van der Waals surface area (Å²) in [6.07, 6.45) is 1.83. The third-order valence-electron chi connectivity index (χ3n) is 3.34. The molecule has 0 aliphatic carbocycles. The van der Waals surface area contributed by atoms with Crippen molar-refractivity contribution in [1.29, 1.82) is 5.26 Å². The Morgan fingerprint density at radius 3 is 3.11 bits per heavy atom. The third-order valence-corrected chi connectivity index (χ3v) is 3.34. The number of hydrogen-bond donors (Lipinski definition) is 1. The maximum atomic E-state index is 9.04. The van der Waals surface area contributed by atoms with Crippen LogP contribution >= 0.6 is 0 Å². The molecule has 1 aromatic rings. The average molecular weight is 246 g/mol. The number of methoxy groups -OCH3 is 1. The van der Waals surface area contributed by atoms with Crippen LogP contribution in [-0.4, -0.2) is 48.8 Å². The van der Waals surface area contributed by atoms with Crippen molar-refractivity contribution in [2.24, 2.45) is 0 Å². The highest BCUT2D eigenvalue weighted by Gasteiger charge is 2.32. The molecule has 1 saturated heterocycles. The highest BCUT2D eigenvalue weighted by Crippen LogP contribution is 2.19. The van der Waals surface area contributed by atoms with Gasteiger partial charge in [0.1, 0.15) is 11.9 Å². The molecule has 0 radical (unpaired) electrons. The minimum Gasteiger partial charge on any atom is -0.378 e. The molecule has 18 heavy (non-hydrogen) atoms. The van der Waals surface area contributed by atoms with Gasteiger partial charge in [-0.15, -0.1) is 0 Å². The Balaban J connectivity index is 2.11. The fraction of sp³-hybridized carbons (Fsp3) is 0.538. The molecular formula is C13H18N4O. The number of nitrogens with zero attached hydrogens (tertiary/aromatic N) is 3. The second-order valence-electron chi connectivity index (χ2n) is 4.39. The summed E-state index contributed by atoms with van der Waals surface area (Å²) in [6.45, 7) is 4.97. The summed E-state index contributed by atoms with van der Waals surface area (Å²) in [5.41, 5.74) is 0.572. The van der Waals surface area contributed by atoms with E-state index in [4.69, 9.17) is 10.00 Å². The molecule has 0 saturated carbocycles. The van der Waals surface area contributed by atoms with E-state index < -0.39 is 0 Å². The number of anilines is 1. The van der Waals surface area contributed by atoms with E-state index in [2.05, 4.69) is 28.2 Å². The van der Waals surface area contributed by atoms with Crippen LogP contribution in [0.4, 0.5) is 5.82 Å². The SMILES string of the molecule is CCN1C[C@H](Nc2ncccc2C#N)[C@@H](OC)C1. The van der Waals surface area contributed by atoms with Crippen LogP contribution in [0.25, 0.3) is 0 Å². The van der Waals surface area contributed by atoms with Crippen LogP contribution in [0.5, 0.6) is 0 Å². The van der Waals surface area contributed by atoms with Crippen LogP contribution in [0.1, 0.15) is 12.5 Å². The van der Waals surface area contributed by atoms with Gasteiger partial charge in [-0.2, -0.15) is 5.26 Å². The first-order valence-corrected chi connectivity index (χ1v) is 6.15. The average Bonchev–Trinajstić information content (AvgIpc) is 2.81. The molecule has 2 atom stereocenters. The molecule has 0 unspecified atom stereocenters. The van der Waals surface area contributed by atoms with E-state index in [-0.39, 0.29) is 12.1 Å². The van der Waals surface area contributed by atoms with E-state index in [0.29, 0.717) is 11.4 Å². The van der Waals surface area contributed by atoms with Gasteiger partial charge >= 0.3 is 0 Å². The van der Waals surface area contributed by atoms with Crippen LogP contribution in [0.3, 0.4) is 0 Å². The highest BCUT2D eigenvalue weighted by molar-refractivity contribution is 5.52. The van der Waals surface area contributed by atoms with Crippen LogP contribution in [-0.2, 0) is 4.74 Å². The van der Waals surface area contributed by atoms with E-state index in [0.717, 1.165) is 19.6 Å². The van der Waals surface area contributed by atoms with Crippen molar-refractivity contribution in [1.82, 2.24) is 9.88 Å². The summed E-state index contributed by atoms with van der Waals surface area (Å²) in [7, 11) is 1.72. The van der Waals surface area contributed by atoms with Crippen LogP contribution < -0.4 is 5.32 Å². The van der Waals surface area contributed by atoms with Crippen molar-refractivity contribution in [2.45, 2.75) is 19.1 Å². The first kappa shape index (κ1) is 12.8. The molecule has 0 amide bonds. The maximum Gasteiger partial charge on any atom is 0.144 e. The molecule has 1 aromatic heterocycles. The van der Waals surface area contributed by atoms with Gasteiger partial charge < -0.3 is 10.1 Å². The van der Waals surface area contributed by atoms with Crippen LogP contribution in [0.15, 0.2) is 18.3 Å². The molecule has 5 nitrogen and oxygen atoms in total. The number of pyridine rings is 1. The molecule has 5 heteroatoms. The Morgan fingerprint density at radius 2 is 2.44 bits per heavy atom. The van der Waals surface area contributed by atoms with Gasteiger partial charge in [0.05, 0.1) is 17.7 Å². The van der Waals surface area contributed by atoms with Crippen LogP contribution in [0.2, 0.25) is 0 Å². The van der Waals surface area contributed by atoms with Gasteiger partial charge in [0.25, 0.3) is 0 Å². The normalized spacial score (nSPS) is 23.8. The Labute approximate surface area is 107 Å². The first-order chi connectivity index (χ1) is 8.78. The smallest absolute Gasteiger partial charge is 0.144 e. The number of rotatable bonds is 4. The molecule has 0 spiro atoms. The van der Waals surface area contributed by atoms with Gasteiger partial charge in [0, 0.05) is 26.4 Å². The van der Waals surface area contributed by atoms with E-state index in [1.54, 1.807) is 25.4 Å². The molecule has 1 fully saturated rings. The topological polar surface area (TPSA) is 61.2 Å². The monoisotopic (exact) mass is 246 g/mol. The van der Waals surface area contributed by atoms with Crippen LogP contribution in [0, 0.1) is 11.3 Å². The van der Waals surface area contributed by atoms with Gasteiger partial charge in [0.15, 0.2) is 0 Å². The zero-order valence-electron chi connectivity index (χ0n) is 10.8. The second-order valence-corrected chi connectivity index (χ2v) is 4.39. The molecule has 1 aliphatic rings. The van der Waals surface area contributed by atoms with Gasteiger partial charge in [0.2, 0.25) is 0 Å². The lowest BCUT2D eigenvalue weighted by atomic mass is 10.2. The number of hydrogen-bond acceptors (Lipinski definition) is 5. The molecule has 2 heterocycles. The van der Waals surface area contributed by atoms with Crippen molar-refractivity contribution in [2.75, 3.05) is 32.1 Å². The fourth-order valence-corrected chi connectivity index (χ4v) is 2.27. The number of nitriles is 1. The molecule has 0 bridgehead atoms. The molecule has 2 rings (SSSR count). The number of aromatic nitrogens is 1. The van der Waals surface area contributed by atoms with E-state index in [9.17, 15) is 0 Å². The first-order valence-electron chi connectivity index (χ1n) is 6.15. The predicted molar refractivity (Wildman–Crippen MR) is 69.3 cm³/mol. The van der Waals surface area contributed by atoms with Crippen molar-refractivity contribution in [3.63, 3.8) is 0 Å². The van der Waals surface area contributed by atoms with E-state index in [1.165, 1.54) is 0 Å². The Morgan fingerprint density at radius 1 is 1.61 bits per heavy atom. The van der Waals surface area contributed by atoms with Gasteiger partial charge in [-0.05, 0) is 18.7 Å². The third kappa shape index (κ3) is 2.61. The van der Waals surface area contributed by atoms with Crippen molar-refractivity contribution >= 4 is 5.82 Å². The van der Waals surface area contributed by atoms with E-state index in [1.807, 2.05) is 0 Å². The molecule has 0 aromatic carbocycles. The molecule has 96 valence electrons. The number of ether oxygens (including phenoxy) is 1. The van der Waals surface area contributed by atoms with Gasteiger partial charge in [-0.25, -0.2) is 4.98 Å². The number of likely N-dealkylation sites (tertiary alicyclic amines) is 1. The lowest BCUT2D eigenvalue weighted by Crippen LogP contribution is -2.34. The molecule has 1 aliphatic heterocycles. The van der Waals surface area contributed by atoms with E-state index >= 15 is 0 Å². The maximum absolute atomic E-state index is 9.04. The highest BCUT2D eigenvalue weighted by atomic mass is 16.5. The summed E-state index contributed by atoms with van der Waals surface area (Å²) < 4.78 is 5.49. The van der Waals surface area contributed by atoms with Crippen molar-refractivity contribution < 1.29 is 4.74 Å². The lowest BCUT2D eigenvalue weighted by Gasteiger charge is -2.19.